The zero-order chi connectivity index (χ0) is 26.9. The largest absolute Gasteiger partial charge is 0.480 e. The molecule has 8 nitrogen and oxygen atoms in total. The van der Waals surface area contributed by atoms with Gasteiger partial charge in [-0.3, -0.25) is 4.79 Å². The lowest BCUT2D eigenvalue weighted by Gasteiger charge is -2.19. The normalized spacial score (nSPS) is 12.0. The number of hydrogen-bond acceptors (Lipinski definition) is 5. The van der Waals surface area contributed by atoms with E-state index in [0.717, 1.165) is 52.9 Å². The minimum Gasteiger partial charge on any atom is -0.480 e. The van der Waals surface area contributed by atoms with Crippen molar-refractivity contribution in [3.8, 4) is 11.1 Å². The van der Waals surface area contributed by atoms with E-state index >= 15 is 0 Å². The van der Waals surface area contributed by atoms with Crippen molar-refractivity contribution in [3.05, 3.63) is 95.6 Å². The smallest absolute Gasteiger partial charge is 0.326 e. The molecule has 198 valence electrons. The van der Waals surface area contributed by atoms with Gasteiger partial charge >= 0.3 is 5.97 Å². The second-order valence-corrected chi connectivity index (χ2v) is 10.5. The Labute approximate surface area is 226 Å². The molecule has 4 rings (SSSR count). The van der Waals surface area contributed by atoms with Gasteiger partial charge in [0.2, 0.25) is 0 Å². The van der Waals surface area contributed by atoms with Crippen molar-refractivity contribution in [1.82, 2.24) is 25.3 Å². The first kappa shape index (κ1) is 27.2. The molecule has 0 aliphatic rings. The van der Waals surface area contributed by atoms with Gasteiger partial charge in [-0.1, -0.05) is 36.4 Å². The first-order valence-corrected chi connectivity index (χ1v) is 14.0. The van der Waals surface area contributed by atoms with Crippen LogP contribution in [0.3, 0.4) is 0 Å². The summed E-state index contributed by atoms with van der Waals surface area (Å²) in [7, 11) is 0. The lowest BCUT2D eigenvalue weighted by molar-refractivity contribution is -0.139. The van der Waals surface area contributed by atoms with Crippen LogP contribution in [0.25, 0.3) is 11.1 Å². The number of carbonyl (C=O) groups is 2. The van der Waals surface area contributed by atoms with Crippen LogP contribution in [0.4, 0.5) is 0 Å². The Morgan fingerprint density at radius 2 is 1.66 bits per heavy atom. The van der Waals surface area contributed by atoms with E-state index in [1.54, 1.807) is 24.4 Å². The molecule has 0 aliphatic carbocycles. The zero-order valence-corrected chi connectivity index (χ0v) is 22.4. The monoisotopic (exact) mass is 531 g/mol. The maximum atomic E-state index is 13.4. The van der Waals surface area contributed by atoms with Crippen LogP contribution in [0.15, 0.2) is 67.5 Å². The molecule has 0 aliphatic heterocycles. The van der Waals surface area contributed by atoms with E-state index in [1.807, 2.05) is 62.0 Å². The van der Waals surface area contributed by atoms with Crippen LogP contribution in [0.5, 0.6) is 0 Å². The molecule has 0 saturated heterocycles. The number of H-pyrrole nitrogens is 2. The van der Waals surface area contributed by atoms with Crippen LogP contribution in [0.1, 0.15) is 39.3 Å². The van der Waals surface area contributed by atoms with E-state index in [-0.39, 0.29) is 11.8 Å². The molecule has 38 heavy (non-hydrogen) atoms. The standard InChI is InChI=1S/C29H33N5O3S/c1-19-5-3-4-6-24(19)26-14-20(7-8-25(26)28(35)34-27(29(36)37)9-10-38-2)11-21(12-22-15-30-17-32-22)13-23-16-31-18-33-23/h3-8,14-18,21,27H,9-13H2,1-2H3,(H,30,32)(H,31,33)(H,34,35)(H,36,37)/t27-/m0/s1. The molecular weight excluding hydrogens is 498 g/mol. The number of aromatic amines is 2. The van der Waals surface area contributed by atoms with Crippen LogP contribution in [-0.4, -0.2) is 55.0 Å². The van der Waals surface area contributed by atoms with E-state index in [1.165, 1.54) is 0 Å². The number of carboxylic acids is 1. The van der Waals surface area contributed by atoms with Crippen LogP contribution in [0, 0.1) is 12.8 Å². The highest BCUT2D eigenvalue weighted by Gasteiger charge is 2.23. The third kappa shape index (κ3) is 7.13. The number of nitrogens with zero attached hydrogens (tertiary/aromatic N) is 2. The third-order valence-electron chi connectivity index (χ3n) is 6.63. The number of rotatable bonds is 13. The van der Waals surface area contributed by atoms with Crippen LogP contribution in [-0.2, 0) is 24.1 Å². The van der Waals surface area contributed by atoms with E-state index in [4.69, 9.17) is 0 Å². The van der Waals surface area contributed by atoms with Gasteiger partial charge < -0.3 is 20.4 Å². The first-order valence-electron chi connectivity index (χ1n) is 12.6. The van der Waals surface area contributed by atoms with E-state index < -0.39 is 12.0 Å². The van der Waals surface area contributed by atoms with Gasteiger partial charge in [0.25, 0.3) is 5.91 Å². The quantitative estimate of drug-likeness (QED) is 0.198. The summed E-state index contributed by atoms with van der Waals surface area (Å²) in [5.41, 5.74) is 6.49. The summed E-state index contributed by atoms with van der Waals surface area (Å²) in [6.07, 6.45) is 11.8. The zero-order valence-electron chi connectivity index (χ0n) is 21.6. The van der Waals surface area contributed by atoms with Crippen molar-refractivity contribution in [3.63, 3.8) is 0 Å². The predicted octanol–water partition coefficient (Wildman–Crippen LogP) is 4.69. The summed E-state index contributed by atoms with van der Waals surface area (Å²) in [4.78, 5) is 39.9. The average molecular weight is 532 g/mol. The molecule has 0 fully saturated rings. The fraction of sp³-hybridized carbons (Fsp3) is 0.310. The van der Waals surface area contributed by atoms with Crippen molar-refractivity contribution < 1.29 is 14.7 Å². The van der Waals surface area contributed by atoms with Crippen LogP contribution in [0.2, 0.25) is 0 Å². The Kier molecular flexibility index (Phi) is 9.37. The summed E-state index contributed by atoms with van der Waals surface area (Å²) < 4.78 is 0. The van der Waals surface area contributed by atoms with Gasteiger partial charge in [-0.05, 0) is 78.9 Å². The summed E-state index contributed by atoms with van der Waals surface area (Å²) >= 11 is 1.55. The van der Waals surface area contributed by atoms with Crippen molar-refractivity contribution in [2.45, 2.75) is 38.6 Å². The number of hydrogen-bond donors (Lipinski definition) is 4. The Balaban J connectivity index is 1.65. The summed E-state index contributed by atoms with van der Waals surface area (Å²) in [6.45, 7) is 2.02. The Bertz CT molecular complexity index is 1300. The maximum absolute atomic E-state index is 13.4. The highest BCUT2D eigenvalue weighted by molar-refractivity contribution is 7.98. The van der Waals surface area contributed by atoms with Crippen molar-refractivity contribution in [2.75, 3.05) is 12.0 Å². The first-order chi connectivity index (χ1) is 18.4. The summed E-state index contributed by atoms with van der Waals surface area (Å²) in [5.74, 6) is -0.491. The van der Waals surface area contributed by atoms with E-state index in [2.05, 4.69) is 31.3 Å². The number of benzene rings is 2. The van der Waals surface area contributed by atoms with Gasteiger partial charge in [0, 0.05) is 29.3 Å². The van der Waals surface area contributed by atoms with Gasteiger partial charge in [-0.25, -0.2) is 14.8 Å². The predicted molar refractivity (Wildman–Crippen MR) is 150 cm³/mol. The number of aromatic nitrogens is 4. The number of imidazole rings is 2. The molecule has 0 spiro atoms. The third-order valence-corrected chi connectivity index (χ3v) is 7.27. The van der Waals surface area contributed by atoms with E-state index in [9.17, 15) is 14.7 Å². The number of nitrogens with one attached hydrogen (secondary N) is 3. The topological polar surface area (TPSA) is 124 Å². The molecule has 0 bridgehead atoms. The molecule has 2 aromatic carbocycles. The molecule has 4 aromatic rings. The maximum Gasteiger partial charge on any atom is 0.326 e. The molecule has 2 heterocycles. The van der Waals surface area contributed by atoms with Gasteiger partial charge in [-0.2, -0.15) is 11.8 Å². The number of thioether (sulfide) groups is 1. The Morgan fingerprint density at radius 1 is 0.974 bits per heavy atom. The Morgan fingerprint density at radius 3 is 2.24 bits per heavy atom. The minimum absolute atomic E-state index is 0.267. The number of carboxylic acid groups (broad SMARTS) is 1. The average Bonchev–Trinajstić information content (AvgIpc) is 3.61. The van der Waals surface area contributed by atoms with Crippen molar-refractivity contribution in [2.24, 2.45) is 5.92 Å². The second kappa shape index (κ2) is 13.1. The molecule has 1 amide bonds. The van der Waals surface area contributed by atoms with E-state index in [0.29, 0.717) is 17.7 Å². The molecule has 1 atom stereocenters. The highest BCUT2D eigenvalue weighted by Crippen LogP contribution is 2.30. The fourth-order valence-corrected chi connectivity index (χ4v) is 5.18. The minimum atomic E-state index is -1.03. The molecule has 0 unspecified atom stereocenters. The van der Waals surface area contributed by atoms with Crippen molar-refractivity contribution >= 4 is 23.6 Å². The number of amides is 1. The molecule has 0 radical (unpaired) electrons. The highest BCUT2D eigenvalue weighted by atomic mass is 32.2. The second-order valence-electron chi connectivity index (χ2n) is 9.47. The lowest BCUT2D eigenvalue weighted by Crippen LogP contribution is -2.41. The van der Waals surface area contributed by atoms with Gasteiger partial charge in [0.05, 0.1) is 12.7 Å². The molecule has 2 aromatic heterocycles. The molecule has 0 saturated carbocycles. The lowest BCUT2D eigenvalue weighted by atomic mass is 9.87. The summed E-state index contributed by atoms with van der Waals surface area (Å²) in [6, 6.07) is 12.9. The molecule has 4 N–H and O–H groups in total. The van der Waals surface area contributed by atoms with Crippen LogP contribution >= 0.6 is 11.8 Å². The van der Waals surface area contributed by atoms with Gasteiger partial charge in [0.15, 0.2) is 0 Å². The molecular formula is C29H33N5O3S. The number of carbonyl (C=O) groups excluding carboxylic acids is 1. The van der Waals surface area contributed by atoms with Crippen LogP contribution < -0.4 is 5.32 Å². The van der Waals surface area contributed by atoms with Crippen molar-refractivity contribution in [1.29, 1.82) is 0 Å². The molecule has 9 heteroatoms. The SMILES string of the molecule is CSCC[C@H](NC(=O)c1ccc(CC(Cc2cnc[nH]2)Cc2cnc[nH]2)cc1-c1ccccc1C)C(=O)O. The Hall–Kier alpha value is -3.85. The number of aryl methyl sites for hydroxylation is 1. The number of aliphatic carboxylic acids is 1. The van der Waals surface area contributed by atoms with Gasteiger partial charge in [0.1, 0.15) is 6.04 Å². The van der Waals surface area contributed by atoms with Gasteiger partial charge in [-0.15, -0.1) is 0 Å². The fourth-order valence-electron chi connectivity index (χ4n) is 4.71. The summed E-state index contributed by atoms with van der Waals surface area (Å²) in [5, 5.41) is 12.4.